The summed E-state index contributed by atoms with van der Waals surface area (Å²) in [5.74, 6) is -1.01. The van der Waals surface area contributed by atoms with Gasteiger partial charge in [-0.1, -0.05) is 11.6 Å². The van der Waals surface area contributed by atoms with Crippen LogP contribution in [0.2, 0.25) is 5.02 Å². The normalized spacial score (nSPS) is 19.4. The van der Waals surface area contributed by atoms with Gasteiger partial charge in [-0.3, -0.25) is 9.59 Å². The zero-order valence-electron chi connectivity index (χ0n) is 12.3. The monoisotopic (exact) mass is 323 g/mol. The highest BCUT2D eigenvalue weighted by Crippen LogP contribution is 2.25. The molecular weight excluding hydrogens is 306 g/mol. The van der Waals surface area contributed by atoms with Crippen LogP contribution in [0.1, 0.15) is 36.0 Å². The predicted molar refractivity (Wildman–Crippen MR) is 81.7 cm³/mol. The summed E-state index contributed by atoms with van der Waals surface area (Å²) in [6, 6.07) is 5.56. The Hall–Kier alpha value is -1.88. The van der Waals surface area contributed by atoms with Gasteiger partial charge < -0.3 is 10.1 Å². The molecule has 22 heavy (non-hydrogen) atoms. The van der Waals surface area contributed by atoms with Crippen molar-refractivity contribution in [2.75, 3.05) is 7.11 Å². The van der Waals surface area contributed by atoms with E-state index in [-0.39, 0.29) is 17.6 Å². The number of halogens is 1. The van der Waals surface area contributed by atoms with E-state index < -0.39 is 12.0 Å². The Balaban J connectivity index is 2.12. The van der Waals surface area contributed by atoms with E-state index >= 15 is 0 Å². The maximum absolute atomic E-state index is 12.3. The molecule has 1 aliphatic carbocycles. The van der Waals surface area contributed by atoms with E-state index in [4.69, 9.17) is 16.3 Å². The van der Waals surface area contributed by atoms with Crippen molar-refractivity contribution >= 4 is 29.3 Å². The Morgan fingerprint density at radius 3 is 2.59 bits per heavy atom. The van der Waals surface area contributed by atoms with Crippen molar-refractivity contribution in [1.29, 1.82) is 0 Å². The Bertz CT molecular complexity index is 570. The molecule has 1 amide bonds. The molecule has 1 fully saturated rings. The van der Waals surface area contributed by atoms with E-state index in [0.29, 0.717) is 29.8 Å². The molecule has 1 saturated carbocycles. The van der Waals surface area contributed by atoms with Crippen molar-refractivity contribution in [2.24, 2.45) is 5.92 Å². The summed E-state index contributed by atoms with van der Waals surface area (Å²) in [7, 11) is 1.27. The van der Waals surface area contributed by atoms with Gasteiger partial charge in [-0.15, -0.1) is 0 Å². The van der Waals surface area contributed by atoms with Crippen LogP contribution in [0.15, 0.2) is 24.3 Å². The molecule has 5 nitrogen and oxygen atoms in total. The number of amides is 1. The van der Waals surface area contributed by atoms with Crippen molar-refractivity contribution in [2.45, 2.75) is 31.7 Å². The fourth-order valence-corrected chi connectivity index (χ4v) is 2.79. The Morgan fingerprint density at radius 2 is 2.00 bits per heavy atom. The number of Topliss-reactive ketones (excluding diaryl/α,β-unsaturated/α-hetero) is 1. The van der Waals surface area contributed by atoms with Crippen LogP contribution in [0.25, 0.3) is 0 Å². The number of esters is 1. The second kappa shape index (κ2) is 7.40. The van der Waals surface area contributed by atoms with Crippen molar-refractivity contribution < 1.29 is 19.1 Å². The molecule has 0 saturated heterocycles. The van der Waals surface area contributed by atoms with E-state index in [2.05, 4.69) is 5.32 Å². The third-order valence-electron chi connectivity index (χ3n) is 3.84. The Kier molecular flexibility index (Phi) is 5.55. The summed E-state index contributed by atoms with van der Waals surface area (Å²) in [5, 5.41) is 3.21. The SMILES string of the molecule is COC(=O)[C@H](NC(=O)c1ccc(Cl)cc1)[C@@H]1CCCC(=O)C1. The summed E-state index contributed by atoms with van der Waals surface area (Å²) >= 11 is 5.79. The van der Waals surface area contributed by atoms with Gasteiger partial charge in [0.15, 0.2) is 0 Å². The van der Waals surface area contributed by atoms with Crippen LogP contribution in [0.3, 0.4) is 0 Å². The molecule has 1 aromatic carbocycles. The minimum Gasteiger partial charge on any atom is -0.467 e. The summed E-state index contributed by atoms with van der Waals surface area (Å²) in [4.78, 5) is 35.8. The fourth-order valence-electron chi connectivity index (χ4n) is 2.66. The molecule has 2 rings (SSSR count). The summed E-state index contributed by atoms with van der Waals surface area (Å²) in [6.07, 6.45) is 2.27. The minimum atomic E-state index is -0.808. The molecule has 0 bridgehead atoms. The highest BCUT2D eigenvalue weighted by Gasteiger charge is 2.34. The molecule has 0 radical (unpaired) electrons. The molecular formula is C16H18ClNO4. The molecule has 118 valence electrons. The number of benzene rings is 1. The number of ketones is 1. The Labute approximate surface area is 134 Å². The lowest BCUT2D eigenvalue weighted by Crippen LogP contribution is -2.48. The predicted octanol–water partition coefficient (Wildman–Crippen LogP) is 2.37. The topological polar surface area (TPSA) is 72.5 Å². The second-order valence-electron chi connectivity index (χ2n) is 5.38. The molecule has 1 aliphatic rings. The maximum Gasteiger partial charge on any atom is 0.328 e. The van der Waals surface area contributed by atoms with Crippen LogP contribution in [-0.2, 0) is 14.3 Å². The fraction of sp³-hybridized carbons (Fsp3) is 0.438. The van der Waals surface area contributed by atoms with Crippen LogP contribution >= 0.6 is 11.6 Å². The Morgan fingerprint density at radius 1 is 1.32 bits per heavy atom. The zero-order chi connectivity index (χ0) is 16.1. The lowest BCUT2D eigenvalue weighted by atomic mass is 9.83. The summed E-state index contributed by atoms with van der Waals surface area (Å²) in [6.45, 7) is 0. The number of ether oxygens (including phenoxy) is 1. The average molecular weight is 324 g/mol. The second-order valence-corrected chi connectivity index (χ2v) is 5.81. The van der Waals surface area contributed by atoms with Gasteiger partial charge in [-0.2, -0.15) is 0 Å². The van der Waals surface area contributed by atoms with Crippen LogP contribution < -0.4 is 5.32 Å². The van der Waals surface area contributed by atoms with Gasteiger partial charge in [0.05, 0.1) is 7.11 Å². The van der Waals surface area contributed by atoms with Gasteiger partial charge >= 0.3 is 5.97 Å². The van der Waals surface area contributed by atoms with Crippen LogP contribution in [0.5, 0.6) is 0 Å². The number of hydrogen-bond acceptors (Lipinski definition) is 4. The third-order valence-corrected chi connectivity index (χ3v) is 4.09. The molecule has 0 heterocycles. The molecule has 6 heteroatoms. The zero-order valence-corrected chi connectivity index (χ0v) is 13.1. The number of carbonyl (C=O) groups excluding carboxylic acids is 3. The van der Waals surface area contributed by atoms with Gasteiger partial charge in [0.1, 0.15) is 11.8 Å². The van der Waals surface area contributed by atoms with E-state index in [0.717, 1.165) is 6.42 Å². The van der Waals surface area contributed by atoms with Gasteiger partial charge in [0, 0.05) is 23.4 Å². The highest BCUT2D eigenvalue weighted by molar-refractivity contribution is 6.30. The van der Waals surface area contributed by atoms with E-state index in [1.54, 1.807) is 24.3 Å². The number of methoxy groups -OCH3 is 1. The number of carbonyl (C=O) groups is 3. The van der Waals surface area contributed by atoms with Crippen molar-refractivity contribution in [1.82, 2.24) is 5.32 Å². The minimum absolute atomic E-state index is 0.117. The van der Waals surface area contributed by atoms with Crippen LogP contribution in [0, 0.1) is 5.92 Å². The molecule has 0 aliphatic heterocycles. The maximum atomic E-state index is 12.3. The van der Waals surface area contributed by atoms with Gasteiger partial charge in [0.2, 0.25) is 0 Å². The first-order chi connectivity index (χ1) is 10.5. The standard InChI is InChI=1S/C16H18ClNO4/c1-22-16(21)14(11-3-2-4-13(19)9-11)18-15(20)10-5-7-12(17)8-6-10/h5-8,11,14H,2-4,9H2,1H3,(H,18,20)/t11-,14-/m1/s1. The van der Waals surface area contributed by atoms with Crippen molar-refractivity contribution in [3.63, 3.8) is 0 Å². The average Bonchev–Trinajstić information content (AvgIpc) is 2.52. The molecule has 1 aromatic rings. The first-order valence-electron chi connectivity index (χ1n) is 7.17. The van der Waals surface area contributed by atoms with Crippen LogP contribution in [0.4, 0.5) is 0 Å². The van der Waals surface area contributed by atoms with Crippen molar-refractivity contribution in [3.8, 4) is 0 Å². The lowest BCUT2D eigenvalue weighted by molar-refractivity contribution is -0.145. The van der Waals surface area contributed by atoms with Crippen molar-refractivity contribution in [3.05, 3.63) is 34.9 Å². The summed E-state index contributed by atoms with van der Waals surface area (Å²) < 4.78 is 4.77. The molecule has 0 unspecified atom stereocenters. The van der Waals surface area contributed by atoms with Gasteiger partial charge in [0.25, 0.3) is 5.91 Å². The van der Waals surface area contributed by atoms with Crippen LogP contribution in [-0.4, -0.2) is 30.8 Å². The first kappa shape index (κ1) is 16.5. The molecule has 0 spiro atoms. The highest BCUT2D eigenvalue weighted by atomic mass is 35.5. The quantitative estimate of drug-likeness (QED) is 0.863. The lowest BCUT2D eigenvalue weighted by Gasteiger charge is -2.28. The number of rotatable bonds is 4. The van der Waals surface area contributed by atoms with Gasteiger partial charge in [-0.05, 0) is 43.0 Å². The van der Waals surface area contributed by atoms with E-state index in [1.165, 1.54) is 7.11 Å². The number of hydrogen-bond donors (Lipinski definition) is 1. The summed E-state index contributed by atoms with van der Waals surface area (Å²) in [5.41, 5.74) is 0.403. The third kappa shape index (κ3) is 4.07. The smallest absolute Gasteiger partial charge is 0.328 e. The molecule has 0 aromatic heterocycles. The van der Waals surface area contributed by atoms with E-state index in [1.807, 2.05) is 0 Å². The van der Waals surface area contributed by atoms with E-state index in [9.17, 15) is 14.4 Å². The van der Waals surface area contributed by atoms with Gasteiger partial charge in [-0.25, -0.2) is 4.79 Å². The molecule has 1 N–H and O–H groups in total. The first-order valence-corrected chi connectivity index (χ1v) is 7.55. The largest absolute Gasteiger partial charge is 0.467 e. The molecule has 2 atom stereocenters. The number of nitrogens with one attached hydrogen (secondary N) is 1.